The van der Waals surface area contributed by atoms with Gasteiger partial charge in [-0.2, -0.15) is 0 Å². The quantitative estimate of drug-likeness (QED) is 0.591. The summed E-state index contributed by atoms with van der Waals surface area (Å²) in [6.07, 6.45) is 3.04. The van der Waals surface area contributed by atoms with E-state index in [2.05, 4.69) is 35.1 Å². The van der Waals surface area contributed by atoms with Crippen molar-refractivity contribution in [2.24, 2.45) is 0 Å². The zero-order chi connectivity index (χ0) is 20.6. The van der Waals surface area contributed by atoms with Gasteiger partial charge >= 0.3 is 0 Å². The van der Waals surface area contributed by atoms with Crippen LogP contribution in [0.1, 0.15) is 35.8 Å². The van der Waals surface area contributed by atoms with E-state index in [1.165, 1.54) is 6.39 Å². The number of oxazole rings is 1. The lowest BCUT2D eigenvalue weighted by atomic mass is 10.0. The fourth-order valence-electron chi connectivity index (χ4n) is 3.41. The van der Waals surface area contributed by atoms with Crippen LogP contribution < -0.4 is 10.1 Å². The summed E-state index contributed by atoms with van der Waals surface area (Å²) >= 11 is 0. The van der Waals surface area contributed by atoms with E-state index in [1.54, 1.807) is 25.4 Å². The summed E-state index contributed by atoms with van der Waals surface area (Å²) in [5.41, 5.74) is 2.61. The van der Waals surface area contributed by atoms with Crippen LogP contribution in [0.15, 0.2) is 65.5 Å². The van der Waals surface area contributed by atoms with Gasteiger partial charge in [0.25, 0.3) is 5.91 Å². The molecule has 0 aliphatic heterocycles. The largest absolute Gasteiger partial charge is 0.497 e. The number of hydrogen-bond acceptors (Lipinski definition) is 5. The van der Waals surface area contributed by atoms with Gasteiger partial charge in [0.2, 0.25) is 0 Å². The second-order valence-electron chi connectivity index (χ2n) is 6.67. The first-order valence-electron chi connectivity index (χ1n) is 9.81. The Hall–Kier alpha value is -3.12. The van der Waals surface area contributed by atoms with E-state index in [0.29, 0.717) is 17.9 Å². The maximum atomic E-state index is 12.7. The number of aromatic nitrogens is 1. The van der Waals surface area contributed by atoms with Crippen molar-refractivity contribution in [3.05, 3.63) is 72.2 Å². The Morgan fingerprint density at radius 2 is 1.93 bits per heavy atom. The van der Waals surface area contributed by atoms with E-state index < -0.39 is 0 Å². The zero-order valence-electron chi connectivity index (χ0n) is 17.1. The van der Waals surface area contributed by atoms with Gasteiger partial charge < -0.3 is 14.5 Å². The first kappa shape index (κ1) is 20.6. The molecule has 0 bridgehead atoms. The Bertz CT molecular complexity index is 903. The summed E-state index contributed by atoms with van der Waals surface area (Å²) in [4.78, 5) is 19.0. The minimum atomic E-state index is -0.103. The van der Waals surface area contributed by atoms with E-state index in [-0.39, 0.29) is 11.9 Å². The fraction of sp³-hybridized carbons (Fsp3) is 0.304. The molecule has 1 heterocycles. The highest BCUT2D eigenvalue weighted by molar-refractivity contribution is 5.94. The van der Waals surface area contributed by atoms with Gasteiger partial charge in [0.15, 0.2) is 12.2 Å². The summed E-state index contributed by atoms with van der Waals surface area (Å²) < 4.78 is 10.7. The van der Waals surface area contributed by atoms with Gasteiger partial charge in [-0.25, -0.2) is 4.98 Å². The Balaban J connectivity index is 1.72. The fourth-order valence-corrected chi connectivity index (χ4v) is 3.41. The van der Waals surface area contributed by atoms with Crippen LogP contribution >= 0.6 is 0 Å². The van der Waals surface area contributed by atoms with E-state index in [0.717, 1.165) is 30.0 Å². The molecule has 3 aromatic rings. The number of methoxy groups -OCH3 is 1. The molecule has 1 aromatic heterocycles. The molecule has 1 atom stereocenters. The highest BCUT2D eigenvalue weighted by atomic mass is 16.5. The number of likely N-dealkylation sites (N-methyl/N-ethyl adjacent to an activating group) is 1. The van der Waals surface area contributed by atoms with Crippen molar-refractivity contribution >= 4 is 5.91 Å². The van der Waals surface area contributed by atoms with Crippen LogP contribution in [-0.2, 0) is 0 Å². The molecule has 0 spiro atoms. The van der Waals surface area contributed by atoms with Gasteiger partial charge in [0.05, 0.1) is 19.3 Å². The lowest BCUT2D eigenvalue weighted by Crippen LogP contribution is -2.38. The summed E-state index contributed by atoms with van der Waals surface area (Å²) in [6, 6.07) is 15.4. The summed E-state index contributed by atoms with van der Waals surface area (Å²) in [5.74, 6) is 1.39. The van der Waals surface area contributed by atoms with Crippen LogP contribution in [-0.4, -0.2) is 42.5 Å². The van der Waals surface area contributed by atoms with Crippen molar-refractivity contribution in [1.82, 2.24) is 15.2 Å². The second-order valence-corrected chi connectivity index (χ2v) is 6.67. The monoisotopic (exact) mass is 393 g/mol. The Morgan fingerprint density at radius 1 is 1.17 bits per heavy atom. The molecule has 1 amide bonds. The minimum Gasteiger partial charge on any atom is -0.497 e. The molecule has 0 radical (unpaired) electrons. The number of nitrogens with zero attached hydrogens (tertiary/aromatic N) is 2. The van der Waals surface area contributed by atoms with E-state index in [4.69, 9.17) is 9.15 Å². The topological polar surface area (TPSA) is 67.6 Å². The number of ether oxygens (including phenoxy) is 1. The number of amides is 1. The molecule has 3 rings (SSSR count). The molecule has 0 unspecified atom stereocenters. The van der Waals surface area contributed by atoms with Crippen LogP contribution in [0.5, 0.6) is 5.75 Å². The Kier molecular flexibility index (Phi) is 7.03. The highest BCUT2D eigenvalue weighted by Gasteiger charge is 2.20. The zero-order valence-corrected chi connectivity index (χ0v) is 17.1. The number of rotatable bonds is 9. The molecule has 6 heteroatoms. The van der Waals surface area contributed by atoms with E-state index >= 15 is 0 Å². The van der Waals surface area contributed by atoms with Gasteiger partial charge in [-0.05, 0) is 42.9 Å². The van der Waals surface area contributed by atoms with E-state index in [1.807, 2.05) is 30.3 Å². The summed E-state index contributed by atoms with van der Waals surface area (Å²) in [7, 11) is 1.66. The van der Waals surface area contributed by atoms with Crippen LogP contribution in [0.4, 0.5) is 0 Å². The van der Waals surface area contributed by atoms with Crippen molar-refractivity contribution < 1.29 is 13.9 Å². The smallest absolute Gasteiger partial charge is 0.251 e. The maximum Gasteiger partial charge on any atom is 0.251 e. The van der Waals surface area contributed by atoms with Gasteiger partial charge in [-0.3, -0.25) is 9.69 Å². The van der Waals surface area contributed by atoms with E-state index in [9.17, 15) is 4.79 Å². The van der Waals surface area contributed by atoms with Crippen LogP contribution in [0, 0.1) is 0 Å². The summed E-state index contributed by atoms with van der Waals surface area (Å²) in [5, 5.41) is 3.08. The SMILES string of the molecule is CCN(CC)[C@@H](CNC(=O)c1ccc(-c2cnco2)cc1)c1cccc(OC)c1. The molecule has 0 aliphatic rings. The van der Waals surface area contributed by atoms with Gasteiger partial charge in [0, 0.05) is 17.7 Å². The van der Waals surface area contributed by atoms with Gasteiger partial charge in [0.1, 0.15) is 5.75 Å². The number of hydrogen-bond donors (Lipinski definition) is 1. The van der Waals surface area contributed by atoms with Crippen molar-refractivity contribution in [3.8, 4) is 17.1 Å². The third-order valence-corrected chi connectivity index (χ3v) is 5.05. The third kappa shape index (κ3) is 5.03. The lowest BCUT2D eigenvalue weighted by Gasteiger charge is -2.30. The molecule has 6 nitrogen and oxygen atoms in total. The number of carbonyl (C=O) groups is 1. The Labute approximate surface area is 171 Å². The number of nitrogens with one attached hydrogen (secondary N) is 1. The second kappa shape index (κ2) is 9.89. The van der Waals surface area contributed by atoms with Crippen LogP contribution in [0.25, 0.3) is 11.3 Å². The lowest BCUT2D eigenvalue weighted by molar-refractivity contribution is 0.0935. The molecule has 1 N–H and O–H groups in total. The van der Waals surface area contributed by atoms with Gasteiger partial charge in [-0.15, -0.1) is 0 Å². The Morgan fingerprint density at radius 3 is 2.55 bits per heavy atom. The van der Waals surface area contributed by atoms with Crippen molar-refractivity contribution in [3.63, 3.8) is 0 Å². The average molecular weight is 393 g/mol. The van der Waals surface area contributed by atoms with Crippen LogP contribution in [0.2, 0.25) is 0 Å². The van der Waals surface area contributed by atoms with Crippen molar-refractivity contribution in [2.75, 3.05) is 26.7 Å². The molecule has 0 saturated carbocycles. The molecule has 0 fully saturated rings. The van der Waals surface area contributed by atoms with Gasteiger partial charge in [-0.1, -0.05) is 38.1 Å². The molecule has 29 heavy (non-hydrogen) atoms. The molecule has 0 aliphatic carbocycles. The number of benzene rings is 2. The predicted molar refractivity (Wildman–Crippen MR) is 113 cm³/mol. The number of carbonyl (C=O) groups excluding carboxylic acids is 1. The third-order valence-electron chi connectivity index (χ3n) is 5.05. The van der Waals surface area contributed by atoms with Crippen LogP contribution in [0.3, 0.4) is 0 Å². The average Bonchev–Trinajstić information content (AvgIpc) is 3.31. The normalized spacial score (nSPS) is 12.0. The maximum absolute atomic E-state index is 12.7. The molecule has 152 valence electrons. The molecular formula is C23H27N3O3. The van der Waals surface area contributed by atoms with Crippen molar-refractivity contribution in [2.45, 2.75) is 19.9 Å². The standard InChI is InChI=1S/C23H27N3O3/c1-4-26(5-2)21(19-7-6-8-20(13-19)28-3)14-25-23(27)18-11-9-17(10-12-18)22-15-24-16-29-22/h6-13,15-16,21H,4-5,14H2,1-3H3,(H,25,27)/t21-/m0/s1. The molecule has 2 aromatic carbocycles. The highest BCUT2D eigenvalue weighted by Crippen LogP contribution is 2.24. The minimum absolute atomic E-state index is 0.0671. The summed E-state index contributed by atoms with van der Waals surface area (Å²) in [6.45, 7) is 6.54. The predicted octanol–water partition coefficient (Wildman–Crippen LogP) is 4.16. The van der Waals surface area contributed by atoms with Crippen molar-refractivity contribution in [1.29, 1.82) is 0 Å². The molecular weight excluding hydrogens is 366 g/mol. The first-order valence-corrected chi connectivity index (χ1v) is 9.81. The molecule has 0 saturated heterocycles. The first-order chi connectivity index (χ1) is 14.2.